The van der Waals surface area contributed by atoms with Gasteiger partial charge in [-0.05, 0) is 44.3 Å². The van der Waals surface area contributed by atoms with Crippen LogP contribution >= 0.6 is 11.6 Å². The molecule has 5 heteroatoms. The van der Waals surface area contributed by atoms with Crippen LogP contribution < -0.4 is 10.1 Å². The Morgan fingerprint density at radius 3 is 3.06 bits per heavy atom. The number of aromatic nitrogens is 2. The molecule has 0 aliphatic carbocycles. The number of piperidine rings is 1. The van der Waals surface area contributed by atoms with Gasteiger partial charge < -0.3 is 10.1 Å². The van der Waals surface area contributed by atoms with Crippen LogP contribution in [0.1, 0.15) is 31.4 Å². The summed E-state index contributed by atoms with van der Waals surface area (Å²) in [6, 6.07) is 2.39. The molecular weight excluding hydrogens is 238 g/mol. The quantitative estimate of drug-likeness (QED) is 0.839. The van der Waals surface area contributed by atoms with E-state index in [0.717, 1.165) is 18.7 Å². The van der Waals surface area contributed by atoms with Crippen LogP contribution in [0.2, 0.25) is 5.28 Å². The predicted molar refractivity (Wildman–Crippen MR) is 67.5 cm³/mol. The molecule has 2 heterocycles. The molecule has 4 nitrogen and oxygen atoms in total. The molecule has 0 saturated carbocycles. The van der Waals surface area contributed by atoms with E-state index in [-0.39, 0.29) is 5.28 Å². The molecule has 1 aliphatic heterocycles. The van der Waals surface area contributed by atoms with E-state index >= 15 is 0 Å². The van der Waals surface area contributed by atoms with Crippen molar-refractivity contribution in [3.05, 3.63) is 17.0 Å². The molecule has 1 aromatic heterocycles. The lowest BCUT2D eigenvalue weighted by Crippen LogP contribution is -2.35. The molecule has 1 saturated heterocycles. The van der Waals surface area contributed by atoms with Crippen LogP contribution in [-0.2, 0) is 0 Å². The summed E-state index contributed by atoms with van der Waals surface area (Å²) < 4.78 is 5.59. The number of nitrogens with one attached hydrogen (secondary N) is 1. The summed E-state index contributed by atoms with van der Waals surface area (Å²) in [5, 5.41) is 3.74. The maximum Gasteiger partial charge on any atom is 0.225 e. The van der Waals surface area contributed by atoms with E-state index in [1.807, 2.05) is 6.92 Å². The number of hydrogen-bond acceptors (Lipinski definition) is 4. The van der Waals surface area contributed by atoms with Gasteiger partial charge in [0.15, 0.2) is 0 Å². The maximum absolute atomic E-state index is 5.76. The fraction of sp³-hybridized carbons (Fsp3) is 0.667. The Bertz CT molecular complexity index is 347. The summed E-state index contributed by atoms with van der Waals surface area (Å²) in [6.45, 7) is 3.68. The zero-order valence-corrected chi connectivity index (χ0v) is 10.8. The summed E-state index contributed by atoms with van der Waals surface area (Å²) in [5.41, 5.74) is 0.829. The Kier molecular flexibility index (Phi) is 4.57. The first-order valence-corrected chi connectivity index (χ1v) is 6.49. The lowest BCUT2D eigenvalue weighted by Gasteiger charge is -2.23. The summed E-state index contributed by atoms with van der Waals surface area (Å²) in [7, 11) is 0. The van der Waals surface area contributed by atoms with E-state index in [4.69, 9.17) is 16.3 Å². The topological polar surface area (TPSA) is 47.0 Å². The lowest BCUT2D eigenvalue weighted by molar-refractivity contribution is 0.260. The van der Waals surface area contributed by atoms with Gasteiger partial charge in [-0.15, -0.1) is 0 Å². The van der Waals surface area contributed by atoms with Crippen molar-refractivity contribution in [3.63, 3.8) is 0 Å². The third-order valence-electron chi connectivity index (χ3n) is 2.93. The molecule has 1 fully saturated rings. The van der Waals surface area contributed by atoms with Crippen LogP contribution in [0.5, 0.6) is 5.88 Å². The molecule has 1 atom stereocenters. The molecule has 0 amide bonds. The number of hydrogen-bond donors (Lipinski definition) is 1. The summed E-state index contributed by atoms with van der Waals surface area (Å²) in [4.78, 5) is 8.02. The van der Waals surface area contributed by atoms with Crippen molar-refractivity contribution in [3.8, 4) is 5.88 Å². The van der Waals surface area contributed by atoms with Crippen molar-refractivity contribution in [2.45, 2.75) is 38.6 Å². The molecule has 1 N–H and O–H groups in total. The summed E-state index contributed by atoms with van der Waals surface area (Å²) in [5.74, 6) is 0.568. The van der Waals surface area contributed by atoms with E-state index in [9.17, 15) is 0 Å². The number of halogens is 1. The van der Waals surface area contributed by atoms with Crippen LogP contribution in [0, 0.1) is 6.92 Å². The zero-order valence-electron chi connectivity index (χ0n) is 10.1. The minimum Gasteiger partial charge on any atom is -0.477 e. The van der Waals surface area contributed by atoms with Crippen LogP contribution in [0.4, 0.5) is 0 Å². The van der Waals surface area contributed by atoms with E-state index in [1.54, 1.807) is 6.07 Å². The molecule has 17 heavy (non-hydrogen) atoms. The highest BCUT2D eigenvalue weighted by molar-refractivity contribution is 6.28. The van der Waals surface area contributed by atoms with Crippen molar-refractivity contribution >= 4 is 11.6 Å². The fourth-order valence-corrected chi connectivity index (χ4v) is 2.27. The van der Waals surface area contributed by atoms with Gasteiger partial charge in [0.1, 0.15) is 0 Å². The van der Waals surface area contributed by atoms with Crippen molar-refractivity contribution in [2.24, 2.45) is 0 Å². The molecule has 0 aromatic carbocycles. The van der Waals surface area contributed by atoms with E-state index in [0.29, 0.717) is 18.5 Å². The summed E-state index contributed by atoms with van der Waals surface area (Å²) in [6.07, 6.45) is 4.86. The van der Waals surface area contributed by atoms with Crippen molar-refractivity contribution < 1.29 is 4.74 Å². The molecule has 2 rings (SSSR count). The molecule has 94 valence electrons. The monoisotopic (exact) mass is 255 g/mol. The van der Waals surface area contributed by atoms with Gasteiger partial charge in [0.05, 0.1) is 6.61 Å². The van der Waals surface area contributed by atoms with Crippen LogP contribution in [0.15, 0.2) is 6.07 Å². The van der Waals surface area contributed by atoms with Crippen LogP contribution in [0.3, 0.4) is 0 Å². The van der Waals surface area contributed by atoms with Gasteiger partial charge in [0.2, 0.25) is 11.2 Å². The Balaban J connectivity index is 1.77. The van der Waals surface area contributed by atoms with Gasteiger partial charge in [0, 0.05) is 17.8 Å². The Morgan fingerprint density at radius 2 is 2.35 bits per heavy atom. The van der Waals surface area contributed by atoms with Crippen molar-refractivity contribution in [1.82, 2.24) is 15.3 Å². The second kappa shape index (κ2) is 6.17. The van der Waals surface area contributed by atoms with Gasteiger partial charge >= 0.3 is 0 Å². The first-order chi connectivity index (χ1) is 8.24. The minimum atomic E-state index is 0.246. The Morgan fingerprint density at radius 1 is 1.47 bits per heavy atom. The van der Waals surface area contributed by atoms with Crippen LogP contribution in [-0.4, -0.2) is 29.2 Å². The van der Waals surface area contributed by atoms with E-state index < -0.39 is 0 Å². The maximum atomic E-state index is 5.76. The average molecular weight is 256 g/mol. The molecule has 0 spiro atoms. The highest BCUT2D eigenvalue weighted by Gasteiger charge is 2.12. The molecular formula is C12H18ClN3O. The second-order valence-corrected chi connectivity index (χ2v) is 4.74. The SMILES string of the molecule is Cc1cc(OCCC2CCCCN2)nc(Cl)n1. The van der Waals surface area contributed by atoms with Gasteiger partial charge in [-0.2, -0.15) is 4.98 Å². The number of nitrogens with zero attached hydrogens (tertiary/aromatic N) is 2. The number of rotatable bonds is 4. The van der Waals surface area contributed by atoms with Gasteiger partial charge in [0.25, 0.3) is 0 Å². The van der Waals surface area contributed by atoms with Gasteiger partial charge in [-0.1, -0.05) is 6.42 Å². The first kappa shape index (κ1) is 12.6. The molecule has 1 aromatic rings. The largest absolute Gasteiger partial charge is 0.477 e. The first-order valence-electron chi connectivity index (χ1n) is 6.11. The average Bonchev–Trinajstić information content (AvgIpc) is 2.29. The van der Waals surface area contributed by atoms with Gasteiger partial charge in [-0.25, -0.2) is 4.98 Å². The molecule has 0 bridgehead atoms. The highest BCUT2D eigenvalue weighted by Crippen LogP contribution is 2.14. The van der Waals surface area contributed by atoms with E-state index in [2.05, 4.69) is 15.3 Å². The second-order valence-electron chi connectivity index (χ2n) is 4.40. The normalized spacial score (nSPS) is 20.2. The van der Waals surface area contributed by atoms with Crippen molar-refractivity contribution in [1.29, 1.82) is 0 Å². The minimum absolute atomic E-state index is 0.246. The van der Waals surface area contributed by atoms with Crippen molar-refractivity contribution in [2.75, 3.05) is 13.2 Å². The zero-order chi connectivity index (χ0) is 12.1. The predicted octanol–water partition coefficient (Wildman–Crippen LogP) is 2.35. The van der Waals surface area contributed by atoms with Crippen LogP contribution in [0.25, 0.3) is 0 Å². The summed E-state index contributed by atoms with van der Waals surface area (Å²) >= 11 is 5.76. The third-order valence-corrected chi connectivity index (χ3v) is 3.10. The smallest absolute Gasteiger partial charge is 0.225 e. The Labute approximate surface area is 107 Å². The van der Waals surface area contributed by atoms with E-state index in [1.165, 1.54) is 19.3 Å². The molecule has 1 aliphatic rings. The Hall–Kier alpha value is -0.870. The number of ether oxygens (including phenoxy) is 1. The highest BCUT2D eigenvalue weighted by atomic mass is 35.5. The third kappa shape index (κ3) is 4.13. The number of aryl methyl sites for hydroxylation is 1. The van der Waals surface area contributed by atoms with Gasteiger partial charge in [-0.3, -0.25) is 0 Å². The molecule has 0 radical (unpaired) electrons. The fourth-order valence-electron chi connectivity index (χ4n) is 2.05. The molecule has 1 unspecified atom stereocenters. The lowest BCUT2D eigenvalue weighted by atomic mass is 10.0. The standard InChI is InChI=1S/C12H18ClN3O/c1-9-8-11(16-12(13)15-9)17-7-5-10-4-2-3-6-14-10/h8,10,14H,2-7H2,1H3.